The van der Waals surface area contributed by atoms with Crippen LogP contribution in [0.5, 0.6) is 0 Å². The van der Waals surface area contributed by atoms with Crippen molar-refractivity contribution in [2.45, 2.75) is 19.1 Å². The van der Waals surface area contributed by atoms with Gasteiger partial charge in [-0.3, -0.25) is 24.4 Å². The molecule has 1 unspecified atom stereocenters. The van der Waals surface area contributed by atoms with Gasteiger partial charge in [0.25, 0.3) is 0 Å². The van der Waals surface area contributed by atoms with Gasteiger partial charge in [0, 0.05) is 66.7 Å². The van der Waals surface area contributed by atoms with Crippen LogP contribution in [0.4, 0.5) is 0 Å². The van der Waals surface area contributed by atoms with E-state index in [-0.39, 0.29) is 6.54 Å². The third-order valence-corrected chi connectivity index (χ3v) is 6.13. The molecule has 8 nitrogen and oxygen atoms in total. The molecule has 2 aromatic heterocycles. The molecule has 4 rings (SSSR count). The second-order valence-electron chi connectivity index (χ2n) is 7.68. The molecular weight excluding hydrogens is 464 g/mol. The number of nitrogens with zero attached hydrogens (tertiary/aromatic N) is 4. The first-order chi connectivity index (χ1) is 14.9. The van der Waals surface area contributed by atoms with E-state index in [0.29, 0.717) is 24.2 Å². The van der Waals surface area contributed by atoms with Crippen LogP contribution in [-0.4, -0.2) is 67.7 Å². The normalized spacial score (nSPS) is 16.4. The molecule has 162 valence electrons. The molecule has 0 aliphatic carbocycles. The van der Waals surface area contributed by atoms with Crippen LogP contribution in [0.2, 0.25) is 0 Å². The van der Waals surface area contributed by atoms with Crippen molar-refractivity contribution in [2.24, 2.45) is 0 Å². The lowest BCUT2D eigenvalue weighted by Crippen LogP contribution is -2.48. The van der Waals surface area contributed by atoms with E-state index < -0.39 is 18.0 Å². The van der Waals surface area contributed by atoms with Crippen molar-refractivity contribution in [1.82, 2.24) is 19.4 Å². The zero-order valence-corrected chi connectivity index (χ0v) is 18.4. The van der Waals surface area contributed by atoms with Gasteiger partial charge < -0.3 is 14.8 Å². The number of aromatic nitrogens is 2. The van der Waals surface area contributed by atoms with Gasteiger partial charge in [-0.1, -0.05) is 22.0 Å². The first-order valence-electron chi connectivity index (χ1n) is 10.0. The average molecular weight is 487 g/mol. The molecule has 31 heavy (non-hydrogen) atoms. The molecule has 3 aromatic rings. The number of hydrogen-bond acceptors (Lipinski definition) is 5. The first kappa shape index (κ1) is 21.5. The number of aliphatic carboxylic acids is 2. The van der Waals surface area contributed by atoms with Crippen molar-refractivity contribution in [1.29, 1.82) is 0 Å². The number of halogens is 1. The summed E-state index contributed by atoms with van der Waals surface area (Å²) in [4.78, 5) is 32.0. The van der Waals surface area contributed by atoms with E-state index in [2.05, 4.69) is 25.8 Å². The zero-order valence-electron chi connectivity index (χ0n) is 16.8. The highest BCUT2D eigenvalue weighted by atomic mass is 79.9. The monoisotopic (exact) mass is 486 g/mol. The molecule has 0 amide bonds. The Morgan fingerprint density at radius 1 is 1.06 bits per heavy atom. The van der Waals surface area contributed by atoms with Crippen molar-refractivity contribution < 1.29 is 19.8 Å². The molecule has 3 heterocycles. The Kier molecular flexibility index (Phi) is 6.35. The minimum absolute atomic E-state index is 0.223. The second kappa shape index (κ2) is 9.17. The number of hydrogen-bond donors (Lipinski definition) is 2. The van der Waals surface area contributed by atoms with E-state index in [4.69, 9.17) is 0 Å². The molecule has 0 bridgehead atoms. The van der Waals surface area contributed by atoms with Crippen molar-refractivity contribution in [3.05, 3.63) is 64.5 Å². The molecule has 1 aliphatic rings. The third-order valence-electron chi connectivity index (χ3n) is 5.64. The Morgan fingerprint density at radius 3 is 2.42 bits per heavy atom. The molecule has 1 fully saturated rings. The smallest absolute Gasteiger partial charge is 0.325 e. The summed E-state index contributed by atoms with van der Waals surface area (Å²) in [5.74, 6) is -1.90. The van der Waals surface area contributed by atoms with Gasteiger partial charge in [0.1, 0.15) is 12.6 Å². The van der Waals surface area contributed by atoms with E-state index in [0.717, 1.165) is 29.5 Å². The molecule has 0 radical (unpaired) electrons. The van der Waals surface area contributed by atoms with Crippen LogP contribution < -0.4 is 0 Å². The summed E-state index contributed by atoms with van der Waals surface area (Å²) in [7, 11) is 0. The quantitative estimate of drug-likeness (QED) is 0.529. The molecule has 0 saturated carbocycles. The van der Waals surface area contributed by atoms with Crippen molar-refractivity contribution in [3.63, 3.8) is 0 Å². The molecule has 1 saturated heterocycles. The van der Waals surface area contributed by atoms with Crippen molar-refractivity contribution in [3.8, 4) is 0 Å². The lowest BCUT2D eigenvalue weighted by molar-refractivity contribution is -0.144. The first-order valence-corrected chi connectivity index (χ1v) is 10.8. The fraction of sp³-hybridized carbons (Fsp3) is 0.318. The van der Waals surface area contributed by atoms with E-state index in [1.807, 2.05) is 35.2 Å². The van der Waals surface area contributed by atoms with Crippen LogP contribution in [0.3, 0.4) is 0 Å². The number of carboxylic acid groups (broad SMARTS) is 2. The predicted octanol–water partition coefficient (Wildman–Crippen LogP) is 2.83. The average Bonchev–Trinajstić information content (AvgIpc) is 3.06. The van der Waals surface area contributed by atoms with Crippen LogP contribution in [0.1, 0.15) is 17.2 Å². The largest absolute Gasteiger partial charge is 0.480 e. The molecule has 0 spiro atoms. The van der Waals surface area contributed by atoms with E-state index in [9.17, 15) is 19.8 Å². The maximum Gasteiger partial charge on any atom is 0.325 e. The highest BCUT2D eigenvalue weighted by Gasteiger charge is 2.33. The van der Waals surface area contributed by atoms with E-state index in [1.54, 1.807) is 23.2 Å². The summed E-state index contributed by atoms with van der Waals surface area (Å²) in [5.41, 5.74) is 2.51. The summed E-state index contributed by atoms with van der Waals surface area (Å²) >= 11 is 3.42. The molecule has 2 N–H and O–H groups in total. The molecule has 1 aromatic carbocycles. The van der Waals surface area contributed by atoms with Gasteiger partial charge in [-0.15, -0.1) is 0 Å². The topological polar surface area (TPSA) is 98.9 Å². The minimum atomic E-state index is -0.972. The Bertz CT molecular complexity index is 1090. The van der Waals surface area contributed by atoms with Crippen LogP contribution in [-0.2, 0) is 22.7 Å². The van der Waals surface area contributed by atoms with Gasteiger partial charge in [0.15, 0.2) is 0 Å². The molecular formula is C22H23BrN4O4. The van der Waals surface area contributed by atoms with Gasteiger partial charge in [-0.05, 0) is 29.8 Å². The van der Waals surface area contributed by atoms with Gasteiger partial charge >= 0.3 is 11.9 Å². The Morgan fingerprint density at radius 2 is 1.77 bits per heavy atom. The number of rotatable bonds is 7. The number of carboxylic acids is 2. The van der Waals surface area contributed by atoms with Crippen LogP contribution >= 0.6 is 15.9 Å². The number of piperazine rings is 1. The van der Waals surface area contributed by atoms with Gasteiger partial charge in [-0.25, -0.2) is 0 Å². The number of carbonyl (C=O) groups is 2. The molecule has 1 aliphatic heterocycles. The number of fused-ring (bicyclic) bond motifs is 1. The van der Waals surface area contributed by atoms with Crippen LogP contribution in [0.25, 0.3) is 10.9 Å². The fourth-order valence-electron chi connectivity index (χ4n) is 4.20. The SMILES string of the molecule is O=C(O)Cn1cc(C(C(=O)O)N2CCN(Cc3ccncc3)CC2)c2ccc(Br)cc21. The summed E-state index contributed by atoms with van der Waals surface area (Å²) in [5, 5.41) is 20.1. The summed E-state index contributed by atoms with van der Waals surface area (Å²) in [6, 6.07) is 8.67. The highest BCUT2D eigenvalue weighted by molar-refractivity contribution is 9.10. The predicted molar refractivity (Wildman–Crippen MR) is 119 cm³/mol. The van der Waals surface area contributed by atoms with Gasteiger partial charge in [0.05, 0.1) is 5.52 Å². The maximum absolute atomic E-state index is 12.3. The molecule has 9 heteroatoms. The number of pyridine rings is 1. The van der Waals surface area contributed by atoms with Crippen LogP contribution in [0.15, 0.2) is 53.4 Å². The Balaban J connectivity index is 1.58. The van der Waals surface area contributed by atoms with Gasteiger partial charge in [-0.2, -0.15) is 0 Å². The Labute approximate surface area is 187 Å². The molecule has 1 atom stereocenters. The van der Waals surface area contributed by atoms with Crippen molar-refractivity contribution >= 4 is 38.8 Å². The van der Waals surface area contributed by atoms with Crippen LogP contribution in [0, 0.1) is 0 Å². The number of benzene rings is 1. The van der Waals surface area contributed by atoms with E-state index in [1.165, 1.54) is 5.56 Å². The highest BCUT2D eigenvalue weighted by Crippen LogP contribution is 2.33. The summed E-state index contributed by atoms with van der Waals surface area (Å²) < 4.78 is 2.42. The lowest BCUT2D eigenvalue weighted by atomic mass is 10.0. The van der Waals surface area contributed by atoms with Crippen molar-refractivity contribution in [2.75, 3.05) is 26.2 Å². The zero-order chi connectivity index (χ0) is 22.0. The fourth-order valence-corrected chi connectivity index (χ4v) is 4.55. The maximum atomic E-state index is 12.3. The van der Waals surface area contributed by atoms with Gasteiger partial charge in [0.2, 0.25) is 0 Å². The standard InChI is InChI=1S/C22H23BrN4O4/c23-16-1-2-17-18(13-27(14-20(28)29)19(17)11-16)21(22(30)31)26-9-7-25(8-10-26)12-15-3-5-24-6-4-15/h1-6,11,13,21H,7-10,12,14H2,(H,28,29)(H,30,31). The lowest BCUT2D eigenvalue weighted by Gasteiger charge is -2.37. The second-order valence-corrected chi connectivity index (χ2v) is 8.59. The summed E-state index contributed by atoms with van der Waals surface area (Å²) in [6.07, 6.45) is 5.22. The van der Waals surface area contributed by atoms with E-state index >= 15 is 0 Å². The Hall–Kier alpha value is -2.75. The minimum Gasteiger partial charge on any atom is -0.480 e. The third kappa shape index (κ3) is 4.79. The summed E-state index contributed by atoms with van der Waals surface area (Å²) in [6.45, 7) is 3.32.